The monoisotopic (exact) mass is 365 g/mol. The van der Waals surface area contributed by atoms with Crippen molar-refractivity contribution in [1.29, 1.82) is 0 Å². The summed E-state index contributed by atoms with van der Waals surface area (Å²) in [4.78, 5) is 0. The van der Waals surface area contributed by atoms with Gasteiger partial charge in [-0.1, -0.05) is 46.5 Å². The first kappa shape index (κ1) is 20.1. The molecule has 0 aromatic carbocycles. The van der Waals surface area contributed by atoms with Crippen LogP contribution in [-0.4, -0.2) is 23.6 Å². The van der Waals surface area contributed by atoms with Crippen LogP contribution >= 0.6 is 11.8 Å². The Morgan fingerprint density at radius 2 is 1.84 bits per heavy atom. The van der Waals surface area contributed by atoms with E-state index < -0.39 is 0 Å². The molecule has 1 aliphatic heterocycles. The second-order valence-electron chi connectivity index (χ2n) is 9.46. The van der Waals surface area contributed by atoms with Crippen molar-refractivity contribution in [2.45, 2.75) is 109 Å². The van der Waals surface area contributed by atoms with Crippen LogP contribution in [0.5, 0.6) is 0 Å². The zero-order chi connectivity index (χ0) is 17.7. The van der Waals surface area contributed by atoms with Gasteiger partial charge in [0.05, 0.1) is 0 Å². The molecule has 3 fully saturated rings. The van der Waals surface area contributed by atoms with Gasteiger partial charge in [0.2, 0.25) is 0 Å². The largest absolute Gasteiger partial charge is 0.313 e. The zero-order valence-electron chi connectivity index (χ0n) is 17.2. The molecule has 146 valence electrons. The molecule has 3 unspecified atom stereocenters. The lowest BCUT2D eigenvalue weighted by Gasteiger charge is -2.61. The van der Waals surface area contributed by atoms with Crippen LogP contribution in [0.15, 0.2) is 0 Å². The second kappa shape index (κ2) is 9.49. The third kappa shape index (κ3) is 4.42. The summed E-state index contributed by atoms with van der Waals surface area (Å²) < 4.78 is 0. The lowest BCUT2D eigenvalue weighted by molar-refractivity contribution is -0.0745. The van der Waals surface area contributed by atoms with Crippen LogP contribution in [0.3, 0.4) is 0 Å². The van der Waals surface area contributed by atoms with Gasteiger partial charge in [-0.3, -0.25) is 0 Å². The molecule has 0 aromatic heterocycles. The predicted octanol–water partition coefficient (Wildman–Crippen LogP) is 6.66. The fourth-order valence-electron chi connectivity index (χ4n) is 5.69. The van der Waals surface area contributed by atoms with Crippen molar-refractivity contribution >= 4 is 11.8 Å². The molecule has 3 rings (SSSR count). The Kier molecular flexibility index (Phi) is 7.61. The molecule has 1 N–H and O–H groups in total. The molecular formula is C23H43NS. The third-order valence-electron chi connectivity index (χ3n) is 8.05. The number of unbranched alkanes of at least 4 members (excludes halogenated alkanes) is 1. The van der Waals surface area contributed by atoms with Gasteiger partial charge in [-0.05, 0) is 86.8 Å². The lowest BCUT2D eigenvalue weighted by atomic mass is 9.48. The molecule has 2 heteroatoms. The van der Waals surface area contributed by atoms with Crippen LogP contribution < -0.4 is 5.32 Å². The molecular weight excluding hydrogens is 322 g/mol. The maximum atomic E-state index is 3.87. The Labute approximate surface area is 161 Å². The lowest BCUT2D eigenvalue weighted by Crippen LogP contribution is -2.63. The van der Waals surface area contributed by atoms with Gasteiger partial charge in [0.25, 0.3) is 0 Å². The molecule has 1 nitrogen and oxygen atoms in total. The van der Waals surface area contributed by atoms with Crippen molar-refractivity contribution < 1.29 is 0 Å². The molecule has 3 atom stereocenters. The molecule has 2 aliphatic carbocycles. The van der Waals surface area contributed by atoms with Crippen molar-refractivity contribution in [1.82, 2.24) is 5.32 Å². The van der Waals surface area contributed by atoms with E-state index in [1.165, 1.54) is 89.3 Å². The van der Waals surface area contributed by atoms with Gasteiger partial charge >= 0.3 is 0 Å². The zero-order valence-corrected chi connectivity index (χ0v) is 18.0. The second-order valence-corrected chi connectivity index (χ2v) is 10.9. The number of hydrogen-bond acceptors (Lipinski definition) is 2. The van der Waals surface area contributed by atoms with E-state index in [-0.39, 0.29) is 0 Å². The summed E-state index contributed by atoms with van der Waals surface area (Å²) >= 11 is 2.31. The van der Waals surface area contributed by atoms with Gasteiger partial charge < -0.3 is 5.32 Å². The average Bonchev–Trinajstić information content (AvgIpc) is 2.46. The van der Waals surface area contributed by atoms with Crippen molar-refractivity contribution in [3.8, 4) is 0 Å². The van der Waals surface area contributed by atoms with E-state index in [2.05, 4.69) is 37.8 Å². The van der Waals surface area contributed by atoms with E-state index in [0.717, 1.165) is 29.0 Å². The Morgan fingerprint density at radius 3 is 2.36 bits per heavy atom. The molecule has 0 aromatic rings. The van der Waals surface area contributed by atoms with E-state index in [9.17, 15) is 0 Å². The third-order valence-corrected chi connectivity index (χ3v) is 9.43. The average molecular weight is 366 g/mol. The molecule has 3 aliphatic rings. The van der Waals surface area contributed by atoms with Gasteiger partial charge in [-0.2, -0.15) is 11.8 Å². The molecule has 1 saturated heterocycles. The topological polar surface area (TPSA) is 12.0 Å². The van der Waals surface area contributed by atoms with E-state index in [0.29, 0.717) is 5.41 Å². The van der Waals surface area contributed by atoms with Crippen molar-refractivity contribution in [3.05, 3.63) is 0 Å². The predicted molar refractivity (Wildman–Crippen MR) is 113 cm³/mol. The van der Waals surface area contributed by atoms with E-state index >= 15 is 0 Å². The molecule has 25 heavy (non-hydrogen) atoms. The highest BCUT2D eigenvalue weighted by Crippen LogP contribution is 2.60. The number of nitrogens with one attached hydrogen (secondary N) is 1. The molecule has 0 radical (unpaired) electrons. The highest BCUT2D eigenvalue weighted by atomic mass is 32.2. The van der Waals surface area contributed by atoms with Crippen molar-refractivity contribution in [2.75, 3.05) is 12.3 Å². The minimum Gasteiger partial charge on any atom is -0.313 e. The number of rotatable bonds is 12. The van der Waals surface area contributed by atoms with Crippen LogP contribution in [0.4, 0.5) is 0 Å². The summed E-state index contributed by atoms with van der Waals surface area (Å²) in [6.45, 7) is 8.41. The number of hydrogen-bond donors (Lipinski definition) is 1. The van der Waals surface area contributed by atoms with E-state index in [1.807, 2.05) is 0 Å². The number of thioether (sulfide) groups is 1. The summed E-state index contributed by atoms with van der Waals surface area (Å²) in [6, 6.07) is 0.866. The highest BCUT2D eigenvalue weighted by Gasteiger charge is 2.56. The van der Waals surface area contributed by atoms with Crippen LogP contribution in [0.1, 0.15) is 97.8 Å². The summed E-state index contributed by atoms with van der Waals surface area (Å²) in [7, 11) is 0. The Bertz CT molecular complexity index is 368. The normalized spacial score (nSPS) is 33.0. The van der Waals surface area contributed by atoms with Crippen LogP contribution in [0, 0.1) is 23.2 Å². The summed E-state index contributed by atoms with van der Waals surface area (Å²) in [5.41, 5.74) is 0.681. The van der Waals surface area contributed by atoms with Gasteiger partial charge in [-0.25, -0.2) is 0 Å². The SMILES string of the molecule is CCCCC(C1CCC1)(C1CC(SCCCC(C)CC)C1)C1CCN1. The Morgan fingerprint density at radius 1 is 1.08 bits per heavy atom. The maximum absolute atomic E-state index is 3.87. The summed E-state index contributed by atoms with van der Waals surface area (Å²) in [6.07, 6.45) is 17.7. The highest BCUT2D eigenvalue weighted by molar-refractivity contribution is 7.99. The summed E-state index contributed by atoms with van der Waals surface area (Å²) in [5, 5.41) is 4.86. The first-order valence-corrected chi connectivity index (χ1v) is 12.6. The van der Waals surface area contributed by atoms with Crippen molar-refractivity contribution in [2.24, 2.45) is 23.2 Å². The van der Waals surface area contributed by atoms with Gasteiger partial charge in [-0.15, -0.1) is 0 Å². The minimum absolute atomic E-state index is 0.681. The van der Waals surface area contributed by atoms with E-state index in [4.69, 9.17) is 0 Å². The molecule has 1 heterocycles. The summed E-state index contributed by atoms with van der Waals surface area (Å²) in [5.74, 6) is 4.43. The van der Waals surface area contributed by atoms with Crippen molar-refractivity contribution in [3.63, 3.8) is 0 Å². The quantitative estimate of drug-likeness (QED) is 0.388. The van der Waals surface area contributed by atoms with E-state index in [1.54, 1.807) is 0 Å². The van der Waals surface area contributed by atoms with Gasteiger partial charge in [0, 0.05) is 11.3 Å². The van der Waals surface area contributed by atoms with Gasteiger partial charge in [0.15, 0.2) is 0 Å². The Hall–Kier alpha value is 0.310. The molecule has 0 bridgehead atoms. The molecule has 0 spiro atoms. The van der Waals surface area contributed by atoms with Gasteiger partial charge in [0.1, 0.15) is 0 Å². The van der Waals surface area contributed by atoms with Crippen LogP contribution in [0.25, 0.3) is 0 Å². The first-order valence-electron chi connectivity index (χ1n) is 11.6. The minimum atomic E-state index is 0.681. The molecule has 0 amide bonds. The fourth-order valence-corrected chi connectivity index (χ4v) is 7.09. The molecule has 2 saturated carbocycles. The smallest absolute Gasteiger partial charge is 0.0141 e. The first-order chi connectivity index (χ1) is 12.2. The maximum Gasteiger partial charge on any atom is 0.0141 e. The Balaban J connectivity index is 1.49. The fraction of sp³-hybridized carbons (Fsp3) is 1.00. The van der Waals surface area contributed by atoms with Crippen LogP contribution in [0.2, 0.25) is 0 Å². The van der Waals surface area contributed by atoms with Crippen LogP contribution in [-0.2, 0) is 0 Å². The standard InChI is InChI=1S/C23H43NS/c1-4-6-13-23(19-10-7-11-19,22-12-14-24-22)20-16-21(17-20)25-15-8-9-18(3)5-2/h18-22,24H,4-17H2,1-3H3.